The van der Waals surface area contributed by atoms with Crippen molar-refractivity contribution in [3.8, 4) is 0 Å². The van der Waals surface area contributed by atoms with E-state index in [2.05, 4.69) is 15.5 Å². The van der Waals surface area contributed by atoms with E-state index in [1.54, 1.807) is 6.33 Å². The summed E-state index contributed by atoms with van der Waals surface area (Å²) in [5.74, 6) is 0.535. The lowest BCUT2D eigenvalue weighted by Gasteiger charge is -2.15. The second kappa shape index (κ2) is 6.81. The number of carbonyl (C=O) groups excluding carboxylic acids is 1. The molecule has 6 heteroatoms. The molecule has 6 nitrogen and oxygen atoms in total. The number of hydrogen-bond donors (Lipinski definition) is 1. The number of hydrogen-bond acceptors (Lipinski definition) is 4. The topological polar surface area (TPSA) is 69.0 Å². The van der Waals surface area contributed by atoms with Crippen molar-refractivity contribution in [1.29, 1.82) is 0 Å². The molecule has 20 heavy (non-hydrogen) atoms. The third kappa shape index (κ3) is 3.21. The fourth-order valence-electron chi connectivity index (χ4n) is 1.96. The maximum absolute atomic E-state index is 12.2. The second-order valence-corrected chi connectivity index (χ2v) is 4.28. The maximum atomic E-state index is 12.2. The van der Waals surface area contributed by atoms with Crippen LogP contribution in [0.2, 0.25) is 0 Å². The Morgan fingerprint density at radius 1 is 1.40 bits per heavy atom. The summed E-state index contributed by atoms with van der Waals surface area (Å²) in [5.41, 5.74) is 0.824. The minimum absolute atomic E-state index is 0.190. The number of nitrogens with zero attached hydrogens (tertiary/aromatic N) is 3. The first-order valence-corrected chi connectivity index (χ1v) is 6.48. The molecule has 2 rings (SSSR count). The Morgan fingerprint density at radius 3 is 2.80 bits per heavy atom. The van der Waals surface area contributed by atoms with Gasteiger partial charge in [0.25, 0.3) is 5.91 Å². The molecule has 0 spiro atoms. The van der Waals surface area contributed by atoms with E-state index in [4.69, 9.17) is 4.74 Å². The van der Waals surface area contributed by atoms with Gasteiger partial charge < -0.3 is 14.6 Å². The van der Waals surface area contributed by atoms with E-state index < -0.39 is 6.10 Å². The summed E-state index contributed by atoms with van der Waals surface area (Å²) in [6.45, 7) is 3.10. The van der Waals surface area contributed by atoms with Crippen LogP contribution in [0.15, 0.2) is 36.7 Å². The molecule has 0 radical (unpaired) electrons. The number of aryl methyl sites for hydroxylation is 1. The van der Waals surface area contributed by atoms with Crippen LogP contribution in [0.5, 0.6) is 0 Å². The monoisotopic (exact) mass is 274 g/mol. The number of aromatic nitrogens is 3. The van der Waals surface area contributed by atoms with Crippen molar-refractivity contribution in [2.24, 2.45) is 0 Å². The number of nitrogens with one attached hydrogen (secondary N) is 1. The van der Waals surface area contributed by atoms with Gasteiger partial charge in [-0.3, -0.25) is 4.79 Å². The third-order valence-electron chi connectivity index (χ3n) is 3.03. The van der Waals surface area contributed by atoms with Crippen molar-refractivity contribution < 1.29 is 9.53 Å². The molecule has 0 saturated carbocycles. The van der Waals surface area contributed by atoms with Gasteiger partial charge in [0.1, 0.15) is 6.33 Å². The fourth-order valence-corrected chi connectivity index (χ4v) is 1.96. The van der Waals surface area contributed by atoms with E-state index in [1.807, 2.05) is 41.8 Å². The largest absolute Gasteiger partial charge is 0.367 e. The smallest absolute Gasteiger partial charge is 0.254 e. The Morgan fingerprint density at radius 2 is 2.15 bits per heavy atom. The summed E-state index contributed by atoms with van der Waals surface area (Å²) in [7, 11) is 1.52. The normalized spacial score (nSPS) is 12.1. The average molecular weight is 274 g/mol. The second-order valence-electron chi connectivity index (χ2n) is 4.28. The molecule has 0 bridgehead atoms. The number of ether oxygens (including phenoxy) is 1. The molecular weight excluding hydrogens is 256 g/mol. The summed E-state index contributed by atoms with van der Waals surface area (Å²) < 4.78 is 7.15. The van der Waals surface area contributed by atoms with E-state index in [-0.39, 0.29) is 5.91 Å². The Balaban J connectivity index is 2.00. The fraction of sp³-hybridized carbons (Fsp3) is 0.357. The summed E-state index contributed by atoms with van der Waals surface area (Å²) in [5, 5.41) is 10.6. The van der Waals surface area contributed by atoms with Gasteiger partial charge in [-0.2, -0.15) is 0 Å². The zero-order valence-corrected chi connectivity index (χ0v) is 11.6. The van der Waals surface area contributed by atoms with E-state index in [1.165, 1.54) is 7.11 Å². The molecule has 1 N–H and O–H groups in total. The molecule has 2 aromatic rings. The highest BCUT2D eigenvalue weighted by Gasteiger charge is 2.19. The van der Waals surface area contributed by atoms with E-state index in [0.717, 1.165) is 17.9 Å². The minimum atomic E-state index is -0.616. The van der Waals surface area contributed by atoms with Crippen LogP contribution in [0.1, 0.15) is 24.4 Å². The van der Waals surface area contributed by atoms with Crippen LogP contribution >= 0.6 is 0 Å². The zero-order chi connectivity index (χ0) is 14.4. The number of methoxy groups -OCH3 is 1. The molecule has 0 aliphatic heterocycles. The van der Waals surface area contributed by atoms with Crippen LogP contribution in [-0.2, 0) is 22.6 Å². The quantitative estimate of drug-likeness (QED) is 0.862. The Labute approximate surface area is 117 Å². The van der Waals surface area contributed by atoms with Gasteiger partial charge in [0.2, 0.25) is 0 Å². The van der Waals surface area contributed by atoms with Crippen LogP contribution < -0.4 is 5.32 Å². The molecule has 1 aromatic carbocycles. The number of amides is 1. The van der Waals surface area contributed by atoms with Gasteiger partial charge in [0, 0.05) is 13.7 Å². The average Bonchev–Trinajstić information content (AvgIpc) is 2.94. The van der Waals surface area contributed by atoms with Crippen LogP contribution in [0.3, 0.4) is 0 Å². The van der Waals surface area contributed by atoms with Crippen LogP contribution in [-0.4, -0.2) is 27.8 Å². The van der Waals surface area contributed by atoms with Crippen molar-refractivity contribution in [2.45, 2.75) is 26.1 Å². The van der Waals surface area contributed by atoms with E-state index in [0.29, 0.717) is 6.54 Å². The first-order chi connectivity index (χ1) is 9.76. The van der Waals surface area contributed by atoms with Crippen molar-refractivity contribution in [3.05, 3.63) is 48.0 Å². The predicted octanol–water partition coefficient (Wildman–Crippen LogP) is 1.30. The van der Waals surface area contributed by atoms with Gasteiger partial charge in [-0.15, -0.1) is 10.2 Å². The molecule has 0 aliphatic carbocycles. The molecule has 0 fully saturated rings. The van der Waals surface area contributed by atoms with Crippen molar-refractivity contribution in [1.82, 2.24) is 20.1 Å². The molecular formula is C14H18N4O2. The minimum Gasteiger partial charge on any atom is -0.367 e. The third-order valence-corrected chi connectivity index (χ3v) is 3.03. The molecule has 1 unspecified atom stereocenters. The summed E-state index contributed by atoms with van der Waals surface area (Å²) >= 11 is 0. The SMILES string of the molecule is CCn1cnnc1CNC(=O)C(OC)c1ccccc1. The molecule has 1 aromatic heterocycles. The first-order valence-electron chi connectivity index (χ1n) is 6.48. The van der Waals surface area contributed by atoms with Crippen LogP contribution in [0, 0.1) is 0 Å². The lowest BCUT2D eigenvalue weighted by Crippen LogP contribution is -2.31. The first kappa shape index (κ1) is 14.2. The molecule has 1 heterocycles. The molecule has 1 atom stereocenters. The predicted molar refractivity (Wildman–Crippen MR) is 73.7 cm³/mol. The summed E-state index contributed by atoms with van der Waals surface area (Å²) in [6.07, 6.45) is 1.03. The van der Waals surface area contributed by atoms with Crippen LogP contribution in [0.25, 0.3) is 0 Å². The highest BCUT2D eigenvalue weighted by Crippen LogP contribution is 2.16. The molecule has 1 amide bonds. The van der Waals surface area contributed by atoms with Gasteiger partial charge in [0.15, 0.2) is 11.9 Å². The highest BCUT2D eigenvalue weighted by atomic mass is 16.5. The number of benzene rings is 1. The molecule has 106 valence electrons. The van der Waals surface area contributed by atoms with Crippen molar-refractivity contribution in [3.63, 3.8) is 0 Å². The Bertz CT molecular complexity index is 553. The lowest BCUT2D eigenvalue weighted by molar-refractivity contribution is -0.131. The van der Waals surface area contributed by atoms with Gasteiger partial charge in [-0.25, -0.2) is 0 Å². The number of carbonyl (C=O) groups is 1. The molecule has 0 aliphatic rings. The summed E-state index contributed by atoms with van der Waals surface area (Å²) in [4.78, 5) is 12.2. The molecule has 0 saturated heterocycles. The standard InChI is InChI=1S/C14H18N4O2/c1-3-18-10-16-17-12(18)9-15-14(19)13(20-2)11-7-5-4-6-8-11/h4-8,10,13H,3,9H2,1-2H3,(H,15,19). The lowest BCUT2D eigenvalue weighted by atomic mass is 10.1. The van der Waals surface area contributed by atoms with Gasteiger partial charge >= 0.3 is 0 Å². The Kier molecular flexibility index (Phi) is 4.84. The van der Waals surface area contributed by atoms with Gasteiger partial charge in [-0.1, -0.05) is 30.3 Å². The summed E-state index contributed by atoms with van der Waals surface area (Å²) in [6, 6.07) is 9.38. The van der Waals surface area contributed by atoms with Crippen molar-refractivity contribution >= 4 is 5.91 Å². The van der Waals surface area contributed by atoms with E-state index in [9.17, 15) is 4.79 Å². The highest BCUT2D eigenvalue weighted by molar-refractivity contribution is 5.82. The van der Waals surface area contributed by atoms with Crippen molar-refractivity contribution in [2.75, 3.05) is 7.11 Å². The van der Waals surface area contributed by atoms with Crippen LogP contribution in [0.4, 0.5) is 0 Å². The zero-order valence-electron chi connectivity index (χ0n) is 11.6. The maximum Gasteiger partial charge on any atom is 0.254 e. The van der Waals surface area contributed by atoms with Gasteiger partial charge in [0.05, 0.1) is 6.54 Å². The van der Waals surface area contributed by atoms with E-state index >= 15 is 0 Å². The van der Waals surface area contributed by atoms with Gasteiger partial charge in [-0.05, 0) is 12.5 Å². The Hall–Kier alpha value is -2.21. The number of rotatable bonds is 6.